The molecule has 2 N–H and O–H groups in total. The number of rotatable bonds is 2. The van der Waals surface area contributed by atoms with Crippen LogP contribution in [0, 0.1) is 15.9 Å². The van der Waals surface area contributed by atoms with Crippen LogP contribution < -0.4 is 5.14 Å². The lowest BCUT2D eigenvalue weighted by atomic mass is 10.3. The van der Waals surface area contributed by atoms with E-state index in [1.807, 2.05) is 0 Å². The van der Waals surface area contributed by atoms with Crippen molar-refractivity contribution in [3.05, 3.63) is 33.1 Å². The monoisotopic (exact) mass is 254 g/mol. The van der Waals surface area contributed by atoms with Crippen LogP contribution in [0.4, 0.5) is 10.1 Å². The summed E-state index contributed by atoms with van der Waals surface area (Å²) in [4.78, 5) is 8.52. The average molecular weight is 255 g/mol. The van der Waals surface area contributed by atoms with Gasteiger partial charge in [0, 0.05) is 12.1 Å². The number of hydrogen-bond acceptors (Lipinski definition) is 4. The third-order valence-electron chi connectivity index (χ3n) is 1.51. The third-order valence-corrected chi connectivity index (χ3v) is 2.73. The van der Waals surface area contributed by atoms with Gasteiger partial charge in [0.1, 0.15) is 5.82 Å². The van der Waals surface area contributed by atoms with Gasteiger partial charge in [-0.1, -0.05) is 11.6 Å². The van der Waals surface area contributed by atoms with Crippen molar-refractivity contribution in [3.8, 4) is 0 Å². The lowest BCUT2D eigenvalue weighted by Gasteiger charge is -2.01. The zero-order valence-electron chi connectivity index (χ0n) is 6.98. The summed E-state index contributed by atoms with van der Waals surface area (Å²) in [6.07, 6.45) is 0. The highest BCUT2D eigenvalue weighted by molar-refractivity contribution is 7.89. The summed E-state index contributed by atoms with van der Waals surface area (Å²) >= 11 is 5.26. The van der Waals surface area contributed by atoms with Crippen LogP contribution in [0.2, 0.25) is 5.02 Å². The van der Waals surface area contributed by atoms with Crippen LogP contribution in [-0.4, -0.2) is 13.3 Å². The van der Waals surface area contributed by atoms with Crippen LogP contribution in [0.1, 0.15) is 0 Å². The summed E-state index contributed by atoms with van der Waals surface area (Å²) in [5.74, 6) is -1.09. The highest BCUT2D eigenvalue weighted by Gasteiger charge is 2.25. The van der Waals surface area contributed by atoms with Gasteiger partial charge in [-0.15, -0.1) is 0 Å². The number of nitrogens with two attached hydrogens (primary N) is 1. The number of sulfonamides is 1. The Labute approximate surface area is 88.7 Å². The molecule has 9 heteroatoms. The van der Waals surface area contributed by atoms with Gasteiger partial charge in [-0.3, -0.25) is 10.1 Å². The smallest absolute Gasteiger partial charge is 0.258 e. The Morgan fingerprint density at radius 1 is 1.47 bits per heavy atom. The molecule has 0 heterocycles. The van der Waals surface area contributed by atoms with E-state index < -0.39 is 36.4 Å². The predicted molar refractivity (Wildman–Crippen MR) is 49.4 cm³/mol. The summed E-state index contributed by atoms with van der Waals surface area (Å²) in [6.45, 7) is 0. The van der Waals surface area contributed by atoms with Crippen molar-refractivity contribution < 1.29 is 17.7 Å². The molecular weight excluding hydrogens is 251 g/mol. The Morgan fingerprint density at radius 3 is 2.40 bits per heavy atom. The Kier molecular flexibility index (Phi) is 2.93. The largest absolute Gasteiger partial charge is 0.291 e. The minimum Gasteiger partial charge on any atom is -0.258 e. The predicted octanol–water partition coefficient (Wildman–Crippen LogP) is 1.03. The first-order chi connectivity index (χ1) is 6.73. The van der Waals surface area contributed by atoms with Gasteiger partial charge in [-0.2, -0.15) is 0 Å². The van der Waals surface area contributed by atoms with Gasteiger partial charge in [0.15, 0.2) is 4.90 Å². The molecule has 6 nitrogen and oxygen atoms in total. The third kappa shape index (κ3) is 2.41. The fourth-order valence-corrected chi connectivity index (χ4v) is 1.74. The van der Waals surface area contributed by atoms with Crippen LogP contribution in [0.5, 0.6) is 0 Å². The molecule has 0 saturated carbocycles. The molecular formula is C6H4ClFN2O4S. The first kappa shape index (κ1) is 11.8. The lowest BCUT2D eigenvalue weighted by Crippen LogP contribution is -2.14. The minimum absolute atomic E-state index is 0.413. The topological polar surface area (TPSA) is 103 Å². The highest BCUT2D eigenvalue weighted by atomic mass is 35.5. The van der Waals surface area contributed by atoms with Crippen molar-refractivity contribution >= 4 is 27.3 Å². The molecule has 0 aliphatic rings. The molecule has 82 valence electrons. The normalized spacial score (nSPS) is 11.4. The average Bonchev–Trinajstić information content (AvgIpc) is 2.06. The second kappa shape index (κ2) is 3.72. The number of hydrogen-bond donors (Lipinski definition) is 1. The molecule has 15 heavy (non-hydrogen) atoms. The van der Waals surface area contributed by atoms with Gasteiger partial charge in [0.05, 0.1) is 9.95 Å². The highest BCUT2D eigenvalue weighted by Crippen LogP contribution is 2.28. The standard InChI is InChI=1S/C6H4ClFN2O4S/c7-3-1-5(10(11)12)6(2-4(3)8)15(9,13)14/h1-2H,(H2,9,13,14). The maximum Gasteiger partial charge on any atom is 0.291 e. The van der Waals surface area contributed by atoms with Gasteiger partial charge in [-0.25, -0.2) is 17.9 Å². The number of primary sulfonamides is 1. The van der Waals surface area contributed by atoms with Crippen molar-refractivity contribution in [2.75, 3.05) is 0 Å². The van der Waals surface area contributed by atoms with Crippen molar-refractivity contribution in [2.24, 2.45) is 5.14 Å². The summed E-state index contributed by atoms with van der Waals surface area (Å²) < 4.78 is 34.6. The summed E-state index contributed by atoms with van der Waals surface area (Å²) in [7, 11) is -4.36. The Balaban J connectivity index is 3.64. The maximum atomic E-state index is 12.9. The zero-order valence-corrected chi connectivity index (χ0v) is 8.55. The van der Waals surface area contributed by atoms with Crippen LogP contribution in [0.15, 0.2) is 17.0 Å². The van der Waals surface area contributed by atoms with Crippen LogP contribution >= 0.6 is 11.6 Å². The molecule has 0 spiro atoms. The Hall–Kier alpha value is -1.25. The molecule has 1 rings (SSSR count). The van der Waals surface area contributed by atoms with Gasteiger partial charge in [-0.05, 0) is 0 Å². The molecule has 0 aliphatic heterocycles. The van der Waals surface area contributed by atoms with Crippen molar-refractivity contribution in [1.29, 1.82) is 0 Å². The van der Waals surface area contributed by atoms with E-state index in [0.717, 1.165) is 0 Å². The number of nitro groups is 1. The summed E-state index contributed by atoms with van der Waals surface area (Å²) in [5, 5.41) is 14.6. The van der Waals surface area contributed by atoms with E-state index in [1.165, 1.54) is 0 Å². The molecule has 0 radical (unpaired) electrons. The molecule has 0 atom stereocenters. The quantitative estimate of drug-likeness (QED) is 0.629. The molecule has 0 unspecified atom stereocenters. The van der Waals surface area contributed by atoms with E-state index in [9.17, 15) is 22.9 Å². The fourth-order valence-electron chi connectivity index (χ4n) is 0.889. The lowest BCUT2D eigenvalue weighted by molar-refractivity contribution is -0.387. The first-order valence-electron chi connectivity index (χ1n) is 3.39. The van der Waals surface area contributed by atoms with Crippen LogP contribution in [0.25, 0.3) is 0 Å². The van der Waals surface area contributed by atoms with Crippen molar-refractivity contribution in [3.63, 3.8) is 0 Å². The molecule has 0 amide bonds. The number of nitro benzene ring substituents is 1. The summed E-state index contributed by atoms with van der Waals surface area (Å²) in [5.41, 5.74) is -0.857. The zero-order chi connectivity index (χ0) is 11.8. The molecule has 0 saturated heterocycles. The molecule has 0 fully saturated rings. The number of nitrogens with zero attached hydrogens (tertiary/aromatic N) is 1. The van der Waals surface area contributed by atoms with Gasteiger partial charge in [0.25, 0.3) is 5.69 Å². The van der Waals surface area contributed by atoms with E-state index >= 15 is 0 Å². The number of halogens is 2. The first-order valence-corrected chi connectivity index (χ1v) is 5.32. The number of benzene rings is 1. The SMILES string of the molecule is NS(=O)(=O)c1cc(F)c(Cl)cc1[N+](=O)[O-]. The fraction of sp³-hybridized carbons (Fsp3) is 0. The van der Waals surface area contributed by atoms with Crippen LogP contribution in [-0.2, 0) is 10.0 Å². The van der Waals surface area contributed by atoms with Gasteiger partial charge < -0.3 is 0 Å². The van der Waals surface area contributed by atoms with E-state index in [4.69, 9.17) is 11.6 Å². The maximum absolute atomic E-state index is 12.9. The second-order valence-electron chi connectivity index (χ2n) is 2.54. The van der Waals surface area contributed by atoms with Gasteiger partial charge >= 0.3 is 0 Å². The van der Waals surface area contributed by atoms with Crippen LogP contribution in [0.3, 0.4) is 0 Å². The van der Waals surface area contributed by atoms with Gasteiger partial charge in [0.2, 0.25) is 10.0 Å². The molecule has 0 aromatic heterocycles. The van der Waals surface area contributed by atoms with Crippen molar-refractivity contribution in [2.45, 2.75) is 4.90 Å². The van der Waals surface area contributed by atoms with E-state index in [0.29, 0.717) is 12.1 Å². The van der Waals surface area contributed by atoms with Crippen molar-refractivity contribution in [1.82, 2.24) is 0 Å². The van der Waals surface area contributed by atoms with E-state index in [-0.39, 0.29) is 0 Å². The molecule has 1 aromatic rings. The minimum atomic E-state index is -4.36. The second-order valence-corrected chi connectivity index (χ2v) is 4.47. The Bertz CT molecular complexity index is 530. The summed E-state index contributed by atoms with van der Waals surface area (Å²) in [6, 6.07) is 1.01. The molecule has 0 bridgehead atoms. The van der Waals surface area contributed by atoms with E-state index in [1.54, 1.807) is 0 Å². The Morgan fingerprint density at radius 2 is 2.00 bits per heavy atom. The molecule has 1 aromatic carbocycles. The molecule has 0 aliphatic carbocycles. The van der Waals surface area contributed by atoms with E-state index in [2.05, 4.69) is 5.14 Å².